The van der Waals surface area contributed by atoms with Crippen molar-refractivity contribution in [1.82, 2.24) is 5.43 Å². The highest BCUT2D eigenvalue weighted by atomic mass is 79.9. The summed E-state index contributed by atoms with van der Waals surface area (Å²) >= 11 is 9.84. The minimum atomic E-state index is 0.673. The Bertz CT molecular complexity index is 374. The van der Waals surface area contributed by atoms with Gasteiger partial charge in [0.15, 0.2) is 4.32 Å². The van der Waals surface area contributed by atoms with E-state index in [2.05, 4.69) is 26.5 Å². The Morgan fingerprint density at radius 2 is 2.00 bits per heavy atom. The molecule has 0 radical (unpaired) electrons. The molecule has 0 aliphatic heterocycles. The van der Waals surface area contributed by atoms with Gasteiger partial charge in [0.25, 0.3) is 0 Å². The summed E-state index contributed by atoms with van der Waals surface area (Å²) in [4.78, 5) is 0. The molecule has 80 valence electrons. The monoisotopic (exact) mass is 302 g/mol. The molecule has 0 aliphatic rings. The molecule has 5 heteroatoms. The maximum Gasteiger partial charge on any atom is 0.153 e. The van der Waals surface area contributed by atoms with Crippen LogP contribution in [-0.2, 0) is 0 Å². The van der Waals surface area contributed by atoms with Crippen LogP contribution in [0.5, 0.6) is 0 Å². The van der Waals surface area contributed by atoms with E-state index in [1.807, 2.05) is 37.4 Å². The number of hydrogen-bond donors (Lipinski definition) is 1. The highest BCUT2D eigenvalue weighted by Gasteiger charge is 1.97. The number of nitrogens with zero attached hydrogens (tertiary/aromatic N) is 1. The normalized spacial score (nSPS) is 11.3. The smallest absolute Gasteiger partial charge is 0.153 e. The number of hydrazone groups is 1. The molecular weight excluding hydrogens is 292 g/mol. The van der Waals surface area contributed by atoms with Gasteiger partial charge >= 0.3 is 0 Å². The maximum absolute atomic E-state index is 4.98. The van der Waals surface area contributed by atoms with E-state index in [0.29, 0.717) is 4.32 Å². The van der Waals surface area contributed by atoms with Crippen LogP contribution in [0.1, 0.15) is 12.5 Å². The molecule has 1 aromatic rings. The molecule has 1 rings (SSSR count). The standard InChI is InChI=1S/C10H11BrN2S2/c1-7(12-13-10(14)15-2)8-3-5-9(11)6-4-8/h3-6H,1-2H3,(H,13,14)/b12-7+. The maximum atomic E-state index is 4.98. The molecule has 2 nitrogen and oxygen atoms in total. The first kappa shape index (κ1) is 12.7. The zero-order valence-electron chi connectivity index (χ0n) is 8.45. The number of thiocarbonyl (C=S) groups is 1. The number of hydrogen-bond acceptors (Lipinski definition) is 3. The second-order valence-corrected chi connectivity index (χ2v) is 5.21. The van der Waals surface area contributed by atoms with Crippen molar-refractivity contribution in [2.45, 2.75) is 6.92 Å². The van der Waals surface area contributed by atoms with Gasteiger partial charge in [-0.2, -0.15) is 5.10 Å². The van der Waals surface area contributed by atoms with E-state index in [9.17, 15) is 0 Å². The van der Waals surface area contributed by atoms with Crippen LogP contribution >= 0.6 is 39.9 Å². The largest absolute Gasteiger partial charge is 0.262 e. The molecule has 0 aromatic heterocycles. The Kier molecular flexibility index (Phi) is 5.28. The van der Waals surface area contributed by atoms with E-state index in [-0.39, 0.29) is 0 Å². The van der Waals surface area contributed by atoms with E-state index < -0.39 is 0 Å². The summed E-state index contributed by atoms with van der Waals surface area (Å²) < 4.78 is 1.73. The average Bonchev–Trinajstić information content (AvgIpc) is 2.26. The molecule has 0 fully saturated rings. The first-order chi connectivity index (χ1) is 7.13. The molecule has 0 heterocycles. The Hall–Kier alpha value is -0.390. The highest BCUT2D eigenvalue weighted by Crippen LogP contribution is 2.11. The molecule has 0 bridgehead atoms. The lowest BCUT2D eigenvalue weighted by Gasteiger charge is -2.02. The van der Waals surface area contributed by atoms with Crippen LogP contribution in [-0.4, -0.2) is 16.3 Å². The molecule has 0 unspecified atom stereocenters. The van der Waals surface area contributed by atoms with Crippen LogP contribution < -0.4 is 5.43 Å². The van der Waals surface area contributed by atoms with Gasteiger partial charge in [-0.3, -0.25) is 5.43 Å². The molecule has 0 saturated heterocycles. The average molecular weight is 303 g/mol. The van der Waals surface area contributed by atoms with Crippen molar-refractivity contribution in [2.75, 3.05) is 6.26 Å². The Balaban J connectivity index is 2.71. The van der Waals surface area contributed by atoms with Gasteiger partial charge < -0.3 is 0 Å². The van der Waals surface area contributed by atoms with E-state index in [4.69, 9.17) is 12.2 Å². The Morgan fingerprint density at radius 3 is 2.53 bits per heavy atom. The number of benzene rings is 1. The van der Waals surface area contributed by atoms with Crippen molar-refractivity contribution in [3.63, 3.8) is 0 Å². The van der Waals surface area contributed by atoms with Gasteiger partial charge in [0.05, 0.1) is 5.71 Å². The zero-order chi connectivity index (χ0) is 11.3. The number of rotatable bonds is 2. The van der Waals surface area contributed by atoms with Crippen LogP contribution in [0.4, 0.5) is 0 Å². The van der Waals surface area contributed by atoms with E-state index in [1.165, 1.54) is 11.8 Å². The summed E-state index contributed by atoms with van der Waals surface area (Å²) in [6.07, 6.45) is 1.92. The Morgan fingerprint density at radius 1 is 1.40 bits per heavy atom. The molecular formula is C10H11BrN2S2. The third-order valence-corrected chi connectivity index (χ3v) is 3.34. The predicted octanol–water partition coefficient (Wildman–Crippen LogP) is 3.41. The molecule has 0 aliphatic carbocycles. The zero-order valence-corrected chi connectivity index (χ0v) is 11.7. The van der Waals surface area contributed by atoms with Gasteiger partial charge in [0.1, 0.15) is 0 Å². The van der Waals surface area contributed by atoms with Crippen LogP contribution in [0.25, 0.3) is 0 Å². The summed E-state index contributed by atoms with van der Waals surface area (Å²) in [5.74, 6) is 0. The van der Waals surface area contributed by atoms with Gasteiger partial charge in [-0.05, 0) is 30.9 Å². The molecule has 1 N–H and O–H groups in total. The molecule has 0 atom stereocenters. The van der Waals surface area contributed by atoms with Gasteiger partial charge in [-0.25, -0.2) is 0 Å². The summed E-state index contributed by atoms with van der Waals surface area (Å²) in [7, 11) is 0. The van der Waals surface area contributed by atoms with Gasteiger partial charge in [0, 0.05) is 4.47 Å². The van der Waals surface area contributed by atoms with Crippen molar-refractivity contribution < 1.29 is 0 Å². The first-order valence-corrected chi connectivity index (χ1v) is 6.70. The van der Waals surface area contributed by atoms with Crippen LogP contribution in [0, 0.1) is 0 Å². The summed E-state index contributed by atoms with van der Waals surface area (Å²) in [5, 5.41) is 4.18. The van der Waals surface area contributed by atoms with E-state index >= 15 is 0 Å². The fourth-order valence-corrected chi connectivity index (χ4v) is 1.38. The van der Waals surface area contributed by atoms with Gasteiger partial charge in [0.2, 0.25) is 0 Å². The number of thioether (sulfide) groups is 1. The number of nitrogens with one attached hydrogen (secondary N) is 1. The summed E-state index contributed by atoms with van der Waals surface area (Å²) in [6, 6.07) is 7.99. The topological polar surface area (TPSA) is 24.4 Å². The minimum Gasteiger partial charge on any atom is -0.262 e. The molecule has 15 heavy (non-hydrogen) atoms. The quantitative estimate of drug-likeness (QED) is 0.515. The van der Waals surface area contributed by atoms with Crippen molar-refractivity contribution in [1.29, 1.82) is 0 Å². The third kappa shape index (κ3) is 4.32. The van der Waals surface area contributed by atoms with Crippen molar-refractivity contribution in [2.24, 2.45) is 5.10 Å². The molecule has 0 spiro atoms. The fourth-order valence-electron chi connectivity index (χ4n) is 0.931. The lowest BCUT2D eigenvalue weighted by atomic mass is 10.1. The van der Waals surface area contributed by atoms with Crippen LogP contribution in [0.2, 0.25) is 0 Å². The first-order valence-electron chi connectivity index (χ1n) is 4.27. The number of halogens is 1. The summed E-state index contributed by atoms with van der Waals surface area (Å²) in [6.45, 7) is 1.94. The molecule has 0 amide bonds. The Labute approximate surface area is 108 Å². The van der Waals surface area contributed by atoms with E-state index in [0.717, 1.165) is 15.7 Å². The molecule has 0 saturated carbocycles. The van der Waals surface area contributed by atoms with Crippen molar-refractivity contribution >= 4 is 49.9 Å². The lowest BCUT2D eigenvalue weighted by molar-refractivity contribution is 1.06. The fraction of sp³-hybridized carbons (Fsp3) is 0.200. The molecule has 1 aromatic carbocycles. The van der Waals surface area contributed by atoms with Gasteiger partial charge in [-0.15, -0.1) is 0 Å². The van der Waals surface area contributed by atoms with Crippen molar-refractivity contribution in [3.05, 3.63) is 34.3 Å². The second kappa shape index (κ2) is 6.25. The van der Waals surface area contributed by atoms with Crippen LogP contribution in [0.15, 0.2) is 33.8 Å². The predicted molar refractivity (Wildman–Crippen MR) is 75.6 cm³/mol. The SMILES string of the molecule is CSC(=S)N/N=C(\C)c1ccc(Br)cc1. The lowest BCUT2D eigenvalue weighted by Crippen LogP contribution is -2.13. The highest BCUT2D eigenvalue weighted by molar-refractivity contribution is 9.10. The second-order valence-electron chi connectivity index (χ2n) is 2.81. The summed E-state index contributed by atoms with van der Waals surface area (Å²) in [5.41, 5.74) is 4.81. The minimum absolute atomic E-state index is 0.673. The van der Waals surface area contributed by atoms with E-state index in [1.54, 1.807) is 0 Å². The van der Waals surface area contributed by atoms with Crippen LogP contribution in [0.3, 0.4) is 0 Å². The van der Waals surface area contributed by atoms with Gasteiger partial charge in [-0.1, -0.05) is 52.0 Å². The van der Waals surface area contributed by atoms with Crippen molar-refractivity contribution in [3.8, 4) is 0 Å². The third-order valence-electron chi connectivity index (χ3n) is 1.76.